The number of carbonyl (C=O) groups is 1. The first kappa shape index (κ1) is 12.4. The van der Waals surface area contributed by atoms with Crippen molar-refractivity contribution in [3.63, 3.8) is 0 Å². The zero-order valence-electron chi connectivity index (χ0n) is 10.8. The molecule has 1 unspecified atom stereocenters. The molecule has 4 heteroatoms. The number of rotatable bonds is 4. The van der Waals surface area contributed by atoms with Crippen LogP contribution < -0.4 is 5.32 Å². The third-order valence-corrected chi connectivity index (χ3v) is 3.31. The van der Waals surface area contributed by atoms with Gasteiger partial charge < -0.3 is 10.1 Å². The van der Waals surface area contributed by atoms with Gasteiger partial charge in [-0.25, -0.2) is 0 Å². The second kappa shape index (κ2) is 5.57. The molecule has 0 fully saturated rings. The molecule has 4 nitrogen and oxygen atoms in total. The van der Waals surface area contributed by atoms with Gasteiger partial charge in [-0.05, 0) is 23.3 Å². The number of ether oxygens (including phenoxy) is 1. The molecule has 0 spiro atoms. The van der Waals surface area contributed by atoms with Crippen LogP contribution in [0.25, 0.3) is 6.08 Å². The summed E-state index contributed by atoms with van der Waals surface area (Å²) in [6.07, 6.45) is 5.21. The first-order valence-corrected chi connectivity index (χ1v) is 6.41. The molecule has 1 aromatic carbocycles. The van der Waals surface area contributed by atoms with Crippen molar-refractivity contribution < 1.29 is 9.53 Å². The van der Waals surface area contributed by atoms with E-state index in [-0.39, 0.29) is 6.10 Å². The van der Waals surface area contributed by atoms with Crippen molar-refractivity contribution in [3.8, 4) is 0 Å². The molecule has 100 valence electrons. The van der Waals surface area contributed by atoms with Crippen molar-refractivity contribution in [1.82, 2.24) is 4.98 Å². The maximum Gasteiger partial charge on any atom is 0.294 e. The van der Waals surface area contributed by atoms with Crippen molar-refractivity contribution in [3.05, 3.63) is 65.5 Å². The summed E-state index contributed by atoms with van der Waals surface area (Å²) < 4.78 is 5.27. The summed E-state index contributed by atoms with van der Waals surface area (Å²) in [5, 5.41) is 3.32. The standard InChI is InChI=1S/C16H14N2O2/c19-11-20-16(12-4-2-1-3-5-12)14-8-13-9-17-7-6-15(13)18-10-14/h1-9,11,16,18H,10H2. The first-order chi connectivity index (χ1) is 9.88. The van der Waals surface area contributed by atoms with E-state index in [0.717, 1.165) is 22.4 Å². The summed E-state index contributed by atoms with van der Waals surface area (Å²) >= 11 is 0. The molecule has 1 aromatic heterocycles. The van der Waals surface area contributed by atoms with Gasteiger partial charge in [0.05, 0.1) is 0 Å². The van der Waals surface area contributed by atoms with E-state index in [9.17, 15) is 4.79 Å². The number of carbonyl (C=O) groups excluding carboxylic acids is 1. The average molecular weight is 266 g/mol. The van der Waals surface area contributed by atoms with E-state index in [0.29, 0.717) is 13.0 Å². The highest BCUT2D eigenvalue weighted by atomic mass is 16.5. The van der Waals surface area contributed by atoms with E-state index < -0.39 is 0 Å². The number of fused-ring (bicyclic) bond motifs is 1. The van der Waals surface area contributed by atoms with Crippen LogP contribution in [0.2, 0.25) is 0 Å². The highest BCUT2D eigenvalue weighted by Gasteiger charge is 2.21. The highest BCUT2D eigenvalue weighted by Crippen LogP contribution is 2.31. The minimum atomic E-state index is -0.366. The lowest BCUT2D eigenvalue weighted by Crippen LogP contribution is -2.18. The minimum absolute atomic E-state index is 0.366. The van der Waals surface area contributed by atoms with Crippen LogP contribution in [0.5, 0.6) is 0 Å². The molecule has 0 bridgehead atoms. The van der Waals surface area contributed by atoms with Crippen molar-refractivity contribution in [1.29, 1.82) is 0 Å². The SMILES string of the molecule is O=COC(C1=Cc2cnccc2NC1)c1ccccc1. The Morgan fingerprint density at radius 2 is 2.10 bits per heavy atom. The Balaban J connectivity index is 1.97. The third-order valence-electron chi connectivity index (χ3n) is 3.31. The maximum atomic E-state index is 10.8. The number of hydrogen-bond donors (Lipinski definition) is 1. The normalized spacial score (nSPS) is 14.5. The molecule has 0 saturated carbocycles. The van der Waals surface area contributed by atoms with Gasteiger partial charge in [0.1, 0.15) is 6.10 Å². The van der Waals surface area contributed by atoms with Gasteiger partial charge in [0, 0.05) is 30.2 Å². The molecule has 0 saturated heterocycles. The summed E-state index contributed by atoms with van der Waals surface area (Å²) in [6.45, 7) is 1.14. The molecule has 0 amide bonds. The lowest BCUT2D eigenvalue weighted by Gasteiger charge is -2.24. The van der Waals surface area contributed by atoms with Crippen molar-refractivity contribution in [2.24, 2.45) is 0 Å². The predicted octanol–water partition coefficient (Wildman–Crippen LogP) is 2.80. The molecule has 1 aliphatic heterocycles. The van der Waals surface area contributed by atoms with Gasteiger partial charge in [-0.1, -0.05) is 30.3 Å². The van der Waals surface area contributed by atoms with Gasteiger partial charge in [-0.3, -0.25) is 9.78 Å². The van der Waals surface area contributed by atoms with Gasteiger partial charge in [0.2, 0.25) is 0 Å². The summed E-state index contributed by atoms with van der Waals surface area (Å²) in [7, 11) is 0. The number of hydrogen-bond acceptors (Lipinski definition) is 4. The maximum absolute atomic E-state index is 10.8. The van der Waals surface area contributed by atoms with Crippen LogP contribution in [0.4, 0.5) is 5.69 Å². The molecular weight excluding hydrogens is 252 g/mol. The van der Waals surface area contributed by atoms with Crippen LogP contribution in [0.1, 0.15) is 17.2 Å². The average Bonchev–Trinajstić information content (AvgIpc) is 2.53. The molecule has 1 N–H and O–H groups in total. The van der Waals surface area contributed by atoms with Crippen LogP contribution in [0.15, 0.2) is 54.4 Å². The summed E-state index contributed by atoms with van der Waals surface area (Å²) in [6, 6.07) is 11.6. The molecule has 3 rings (SSSR count). The fraction of sp³-hybridized carbons (Fsp3) is 0.125. The van der Waals surface area contributed by atoms with Crippen LogP contribution in [-0.2, 0) is 9.53 Å². The van der Waals surface area contributed by atoms with E-state index in [2.05, 4.69) is 10.3 Å². The lowest BCUT2D eigenvalue weighted by molar-refractivity contribution is -0.132. The topological polar surface area (TPSA) is 51.2 Å². The zero-order chi connectivity index (χ0) is 13.8. The largest absolute Gasteiger partial charge is 0.455 e. The van der Waals surface area contributed by atoms with Gasteiger partial charge >= 0.3 is 0 Å². The predicted molar refractivity (Wildman–Crippen MR) is 77.0 cm³/mol. The summed E-state index contributed by atoms with van der Waals surface area (Å²) in [5.74, 6) is 0. The Morgan fingerprint density at radius 1 is 1.25 bits per heavy atom. The summed E-state index contributed by atoms with van der Waals surface area (Å²) in [4.78, 5) is 14.9. The van der Waals surface area contributed by atoms with E-state index in [1.54, 1.807) is 12.4 Å². The second-order valence-electron chi connectivity index (χ2n) is 4.56. The highest BCUT2D eigenvalue weighted by molar-refractivity contribution is 5.72. The molecule has 20 heavy (non-hydrogen) atoms. The molecular formula is C16H14N2O2. The molecule has 2 aromatic rings. The van der Waals surface area contributed by atoms with Crippen molar-refractivity contribution in [2.75, 3.05) is 11.9 Å². The summed E-state index contributed by atoms with van der Waals surface area (Å²) in [5.41, 5.74) is 4.01. The van der Waals surface area contributed by atoms with E-state index in [4.69, 9.17) is 4.74 Å². The van der Waals surface area contributed by atoms with Crippen molar-refractivity contribution in [2.45, 2.75) is 6.10 Å². The number of aromatic nitrogens is 1. The van der Waals surface area contributed by atoms with Crippen LogP contribution in [0, 0.1) is 0 Å². The smallest absolute Gasteiger partial charge is 0.294 e. The fourth-order valence-electron chi connectivity index (χ4n) is 2.36. The van der Waals surface area contributed by atoms with Crippen LogP contribution in [-0.4, -0.2) is 18.0 Å². The molecule has 0 radical (unpaired) electrons. The number of anilines is 1. The minimum Gasteiger partial charge on any atom is -0.455 e. The Morgan fingerprint density at radius 3 is 2.90 bits per heavy atom. The number of nitrogens with one attached hydrogen (secondary N) is 1. The van der Waals surface area contributed by atoms with E-state index in [1.807, 2.05) is 42.5 Å². The van der Waals surface area contributed by atoms with Crippen molar-refractivity contribution >= 4 is 18.2 Å². The number of nitrogens with zero attached hydrogens (tertiary/aromatic N) is 1. The second-order valence-corrected chi connectivity index (χ2v) is 4.56. The Kier molecular flexibility index (Phi) is 3.46. The molecule has 0 aliphatic carbocycles. The van der Waals surface area contributed by atoms with Gasteiger partial charge in [0.25, 0.3) is 6.47 Å². The van der Waals surface area contributed by atoms with E-state index in [1.165, 1.54) is 0 Å². The number of benzene rings is 1. The Labute approximate surface area is 117 Å². The quantitative estimate of drug-likeness (QED) is 0.864. The van der Waals surface area contributed by atoms with Gasteiger partial charge in [-0.2, -0.15) is 0 Å². The van der Waals surface area contributed by atoms with Gasteiger partial charge in [-0.15, -0.1) is 0 Å². The molecule has 2 heterocycles. The lowest BCUT2D eigenvalue weighted by atomic mass is 9.97. The molecule has 1 aliphatic rings. The van der Waals surface area contributed by atoms with E-state index >= 15 is 0 Å². The number of pyridine rings is 1. The zero-order valence-corrected chi connectivity index (χ0v) is 10.8. The monoisotopic (exact) mass is 266 g/mol. The Bertz CT molecular complexity index is 638. The Hall–Kier alpha value is -2.62. The van der Waals surface area contributed by atoms with Crippen LogP contribution in [0.3, 0.4) is 0 Å². The molecule has 1 atom stereocenters. The first-order valence-electron chi connectivity index (χ1n) is 6.41. The van der Waals surface area contributed by atoms with Crippen LogP contribution >= 0.6 is 0 Å². The third kappa shape index (κ3) is 2.40. The fourth-order valence-corrected chi connectivity index (χ4v) is 2.36. The van der Waals surface area contributed by atoms with Gasteiger partial charge in [0.15, 0.2) is 0 Å².